The smallest absolute Gasteiger partial charge is 0.290 e. The van der Waals surface area contributed by atoms with Crippen molar-refractivity contribution in [3.8, 4) is 16.2 Å². The zero-order valence-electron chi connectivity index (χ0n) is 24.2. The molecular formula is C30H37FN4O5S. The largest absolute Gasteiger partial charge is 0.496 e. The summed E-state index contributed by atoms with van der Waals surface area (Å²) >= 11 is 1.51. The average Bonchev–Trinajstić information content (AvgIpc) is 3.52. The summed E-state index contributed by atoms with van der Waals surface area (Å²) in [7, 11) is 1.52. The second kappa shape index (κ2) is 11.5. The lowest BCUT2D eigenvalue weighted by Crippen LogP contribution is -2.53. The molecule has 41 heavy (non-hydrogen) atoms. The molecule has 2 heterocycles. The van der Waals surface area contributed by atoms with Crippen molar-refractivity contribution in [3.63, 3.8) is 0 Å². The van der Waals surface area contributed by atoms with Gasteiger partial charge in [0.25, 0.3) is 5.54 Å². The van der Waals surface area contributed by atoms with Gasteiger partial charge in [-0.1, -0.05) is 32.9 Å². The Morgan fingerprint density at radius 2 is 2.02 bits per heavy atom. The summed E-state index contributed by atoms with van der Waals surface area (Å²) in [5, 5.41) is 13.2. The van der Waals surface area contributed by atoms with Gasteiger partial charge in [0.05, 0.1) is 41.7 Å². The van der Waals surface area contributed by atoms with Gasteiger partial charge >= 0.3 is 0 Å². The molecule has 1 aromatic heterocycles. The molecule has 1 aromatic carbocycles. The first-order valence-corrected chi connectivity index (χ1v) is 14.6. The van der Waals surface area contributed by atoms with Crippen LogP contribution < -0.4 is 10.1 Å². The van der Waals surface area contributed by atoms with Crippen LogP contribution in [0.1, 0.15) is 64.3 Å². The van der Waals surface area contributed by atoms with E-state index in [1.54, 1.807) is 33.2 Å². The molecule has 2 aliphatic rings. The van der Waals surface area contributed by atoms with Crippen LogP contribution >= 0.6 is 11.3 Å². The van der Waals surface area contributed by atoms with Gasteiger partial charge in [-0.3, -0.25) is 14.4 Å². The van der Waals surface area contributed by atoms with E-state index in [-0.39, 0.29) is 18.7 Å². The van der Waals surface area contributed by atoms with Crippen molar-refractivity contribution in [2.75, 3.05) is 13.7 Å². The minimum atomic E-state index is -2.00. The number of ether oxygens (including phenoxy) is 1. The van der Waals surface area contributed by atoms with Crippen molar-refractivity contribution < 1.29 is 28.6 Å². The molecule has 0 bridgehead atoms. The highest BCUT2D eigenvalue weighted by Crippen LogP contribution is 2.44. The highest BCUT2D eigenvalue weighted by molar-refractivity contribution is 7.13. The first kappa shape index (κ1) is 30.6. The maximum absolute atomic E-state index is 15.3. The number of alkyl halides is 1. The van der Waals surface area contributed by atoms with Crippen LogP contribution in [0.3, 0.4) is 0 Å². The topological polar surface area (TPSA) is 113 Å². The number of likely N-dealkylation sites (tertiary alicyclic amines) is 1. The Bertz CT molecular complexity index is 1380. The summed E-state index contributed by atoms with van der Waals surface area (Å²) in [6, 6.07) is 3.40. The number of halogens is 1. The number of hydrogen-bond donors (Lipinski definition) is 2. The van der Waals surface area contributed by atoms with E-state index in [0.717, 1.165) is 21.0 Å². The summed E-state index contributed by atoms with van der Waals surface area (Å²) in [4.78, 5) is 50.1. The molecule has 2 N–H and O–H groups in total. The maximum atomic E-state index is 15.3. The Hall–Kier alpha value is -3.36. The third-order valence-corrected chi connectivity index (χ3v) is 9.17. The third kappa shape index (κ3) is 5.99. The molecule has 1 saturated heterocycles. The zero-order chi connectivity index (χ0) is 30.3. The molecule has 1 saturated carbocycles. The van der Waals surface area contributed by atoms with Crippen molar-refractivity contribution in [2.24, 2.45) is 11.3 Å². The number of thiazole rings is 1. The molecule has 4 rings (SSSR count). The van der Waals surface area contributed by atoms with Crippen LogP contribution in [0.5, 0.6) is 5.75 Å². The predicted octanol–water partition coefficient (Wildman–Crippen LogP) is 4.29. The lowest BCUT2D eigenvalue weighted by atomic mass is 9.76. The van der Waals surface area contributed by atoms with Crippen LogP contribution in [0.4, 0.5) is 4.39 Å². The number of aromatic nitrogens is 1. The standard InChI is InChI=1S/C30H37FN4O5S/c1-16(19-9-8-18(12-22(19)40-7)26-17(2)33-15-41-26)34-27(38)25-24(31)21(36)14-35(25)28(39)20(29(3,4)5)13-23(37)30(32-6)10-11-30/h8-9,12,15-16,20-21,24-25,36H,10-11,13-14H2,1-5,7H3,(H,34,38)/t16-,20+,21-,24-,25-/m0/s1. The van der Waals surface area contributed by atoms with E-state index in [4.69, 9.17) is 11.3 Å². The van der Waals surface area contributed by atoms with E-state index in [1.165, 1.54) is 18.4 Å². The number of amides is 2. The molecular weight excluding hydrogens is 547 g/mol. The molecule has 0 radical (unpaired) electrons. The molecule has 2 fully saturated rings. The van der Waals surface area contributed by atoms with E-state index in [9.17, 15) is 19.5 Å². The van der Waals surface area contributed by atoms with Crippen molar-refractivity contribution in [1.82, 2.24) is 15.2 Å². The van der Waals surface area contributed by atoms with Gasteiger partial charge in [0.1, 0.15) is 17.9 Å². The summed E-state index contributed by atoms with van der Waals surface area (Å²) in [5.74, 6) is -2.00. The lowest BCUT2D eigenvalue weighted by Gasteiger charge is -2.35. The number of benzene rings is 1. The number of carbonyl (C=O) groups is 3. The number of nitrogens with one attached hydrogen (secondary N) is 1. The number of carbonyl (C=O) groups excluding carboxylic acids is 3. The van der Waals surface area contributed by atoms with Crippen LogP contribution in [-0.4, -0.2) is 70.1 Å². The molecule has 1 aliphatic heterocycles. The molecule has 11 heteroatoms. The fourth-order valence-corrected chi connectivity index (χ4v) is 6.19. The lowest BCUT2D eigenvalue weighted by molar-refractivity contribution is -0.147. The van der Waals surface area contributed by atoms with Crippen LogP contribution in [-0.2, 0) is 14.4 Å². The van der Waals surface area contributed by atoms with E-state index < -0.39 is 53.0 Å². The van der Waals surface area contributed by atoms with Gasteiger partial charge in [-0.25, -0.2) is 15.9 Å². The molecule has 2 aromatic rings. The number of ketones is 1. The van der Waals surface area contributed by atoms with Crippen LogP contribution in [0.25, 0.3) is 15.3 Å². The van der Waals surface area contributed by atoms with Crippen molar-refractivity contribution >= 4 is 28.9 Å². The predicted molar refractivity (Wildman–Crippen MR) is 153 cm³/mol. The number of rotatable bonds is 9. The molecule has 2 amide bonds. The van der Waals surface area contributed by atoms with E-state index in [2.05, 4.69) is 15.1 Å². The molecule has 1 aliphatic carbocycles. The Kier molecular flexibility index (Phi) is 8.58. The number of nitrogens with zero attached hydrogens (tertiary/aromatic N) is 3. The number of hydrogen-bond acceptors (Lipinski definition) is 7. The maximum Gasteiger partial charge on any atom is 0.290 e. The zero-order valence-corrected chi connectivity index (χ0v) is 25.0. The van der Waals surface area contributed by atoms with Gasteiger partial charge in [-0.05, 0) is 30.9 Å². The average molecular weight is 585 g/mol. The quantitative estimate of drug-likeness (QED) is 0.426. The fourth-order valence-electron chi connectivity index (χ4n) is 5.39. The van der Waals surface area contributed by atoms with Crippen LogP contribution in [0, 0.1) is 24.8 Å². The van der Waals surface area contributed by atoms with E-state index >= 15 is 4.39 Å². The monoisotopic (exact) mass is 584 g/mol. The number of aliphatic hydroxyl groups excluding tert-OH is 1. The summed E-state index contributed by atoms with van der Waals surface area (Å²) in [6.45, 7) is 16.1. The highest BCUT2D eigenvalue weighted by Gasteiger charge is 2.59. The fraction of sp³-hybridized carbons (Fsp3) is 0.567. The first-order chi connectivity index (χ1) is 19.2. The second-order valence-corrected chi connectivity index (χ2v) is 12.9. The minimum Gasteiger partial charge on any atom is -0.496 e. The van der Waals surface area contributed by atoms with Gasteiger partial charge in [-0.2, -0.15) is 0 Å². The van der Waals surface area contributed by atoms with Crippen molar-refractivity contribution in [3.05, 3.63) is 46.4 Å². The van der Waals surface area contributed by atoms with Gasteiger partial charge < -0.3 is 24.9 Å². The molecule has 220 valence electrons. The highest BCUT2D eigenvalue weighted by atomic mass is 32.1. The number of aliphatic hydroxyl groups is 1. The molecule has 9 nitrogen and oxygen atoms in total. The number of β-amino-alcohol motifs (C(OH)–C–C–N with tert-alkyl or cyclic N) is 1. The molecule has 0 spiro atoms. The summed E-state index contributed by atoms with van der Waals surface area (Å²) < 4.78 is 20.9. The Balaban J connectivity index is 1.55. The Morgan fingerprint density at radius 1 is 1.34 bits per heavy atom. The van der Waals surface area contributed by atoms with Gasteiger partial charge in [0.2, 0.25) is 17.6 Å². The first-order valence-electron chi connectivity index (χ1n) is 13.7. The Labute approximate surface area is 243 Å². The summed E-state index contributed by atoms with van der Waals surface area (Å²) in [5.41, 5.74) is 2.45. The molecule has 0 unspecified atom stereocenters. The third-order valence-electron chi connectivity index (χ3n) is 8.20. The number of methoxy groups -OCH3 is 1. The second-order valence-electron chi connectivity index (χ2n) is 12.1. The van der Waals surface area contributed by atoms with E-state index in [0.29, 0.717) is 24.2 Å². The number of Topliss-reactive ketones (excluding diaryl/α,β-unsaturated/α-hetero) is 1. The van der Waals surface area contributed by atoms with Crippen molar-refractivity contribution in [2.45, 2.75) is 83.8 Å². The van der Waals surface area contributed by atoms with Crippen molar-refractivity contribution in [1.29, 1.82) is 0 Å². The van der Waals surface area contributed by atoms with Gasteiger partial charge in [-0.15, -0.1) is 11.3 Å². The SMILES string of the molecule is [C-]#[N+]C1(C(=O)C[C@H](C(=O)N2C[C@H](O)[C@H](F)[C@H]2C(=O)N[C@@H](C)c2ccc(-c3scnc3C)cc2OC)C(C)(C)C)CC1. The number of aryl methyl sites for hydroxylation is 1. The van der Waals surface area contributed by atoms with Crippen LogP contribution in [0.2, 0.25) is 0 Å². The van der Waals surface area contributed by atoms with Crippen LogP contribution in [0.15, 0.2) is 23.7 Å². The van der Waals surface area contributed by atoms with Gasteiger partial charge in [0.15, 0.2) is 6.17 Å². The van der Waals surface area contributed by atoms with Gasteiger partial charge in [0, 0.05) is 24.8 Å². The van der Waals surface area contributed by atoms with E-state index in [1.807, 2.05) is 25.1 Å². The minimum absolute atomic E-state index is 0.179. The normalized spacial score (nSPS) is 22.9. The molecule has 5 atom stereocenters. The Morgan fingerprint density at radius 3 is 2.56 bits per heavy atom. The summed E-state index contributed by atoms with van der Waals surface area (Å²) in [6.07, 6.45) is -2.80.